The molecule has 0 aromatic carbocycles. The molecule has 2 heterocycles. The van der Waals surface area contributed by atoms with Crippen LogP contribution in [0.25, 0.3) is 0 Å². The zero-order chi connectivity index (χ0) is 13.0. The lowest BCUT2D eigenvalue weighted by Gasteiger charge is -2.21. The lowest BCUT2D eigenvalue weighted by Crippen LogP contribution is -2.42. The van der Waals surface area contributed by atoms with E-state index in [2.05, 4.69) is 27.8 Å². The molecule has 1 aliphatic heterocycles. The molecule has 0 saturated carbocycles. The second-order valence-corrected chi connectivity index (χ2v) is 5.34. The van der Waals surface area contributed by atoms with E-state index in [0.717, 1.165) is 38.0 Å². The monoisotopic (exact) mass is 324 g/mol. The predicted molar refractivity (Wildman–Crippen MR) is 86.2 cm³/mol. The molecular weight excluding hydrogens is 299 g/mol. The van der Waals surface area contributed by atoms with Crippen molar-refractivity contribution in [2.75, 3.05) is 26.2 Å². The topological polar surface area (TPSA) is 73.0 Å². The Bertz CT molecular complexity index is 372. The number of hydrogen-bond acceptors (Lipinski definition) is 4. The highest BCUT2D eigenvalue weighted by Gasteiger charge is 2.30. The highest BCUT2D eigenvalue weighted by Crippen LogP contribution is 2.13. The molecule has 2 rings (SSSR count). The summed E-state index contributed by atoms with van der Waals surface area (Å²) in [5, 5.41) is 23.9. The van der Waals surface area contributed by atoms with Crippen LogP contribution < -0.4 is 10.6 Å². The SMILES string of the molecule is Cc1n[nH]c(C)c1CCCNCC1(O)CCNC1.Cl.Cl. The zero-order valence-electron chi connectivity index (χ0n) is 12.2. The summed E-state index contributed by atoms with van der Waals surface area (Å²) in [5.74, 6) is 0. The van der Waals surface area contributed by atoms with Crippen LogP contribution in [0.5, 0.6) is 0 Å². The van der Waals surface area contributed by atoms with Crippen molar-refractivity contribution >= 4 is 24.8 Å². The Morgan fingerprint density at radius 3 is 2.65 bits per heavy atom. The van der Waals surface area contributed by atoms with Gasteiger partial charge in [-0.1, -0.05) is 0 Å². The fraction of sp³-hybridized carbons (Fsp3) is 0.769. The largest absolute Gasteiger partial charge is 0.387 e. The van der Waals surface area contributed by atoms with Crippen molar-refractivity contribution in [1.82, 2.24) is 20.8 Å². The van der Waals surface area contributed by atoms with E-state index >= 15 is 0 Å². The lowest BCUT2D eigenvalue weighted by atomic mass is 10.0. The molecule has 0 spiro atoms. The number of aromatic nitrogens is 2. The maximum absolute atomic E-state index is 10.1. The Morgan fingerprint density at radius 1 is 1.35 bits per heavy atom. The molecule has 1 aromatic heterocycles. The van der Waals surface area contributed by atoms with Crippen LogP contribution in [0.1, 0.15) is 29.8 Å². The molecule has 5 nitrogen and oxygen atoms in total. The van der Waals surface area contributed by atoms with Crippen LogP contribution in [0.2, 0.25) is 0 Å². The number of hydrogen-bond donors (Lipinski definition) is 4. The van der Waals surface area contributed by atoms with Gasteiger partial charge in [0.25, 0.3) is 0 Å². The second kappa shape index (κ2) is 8.85. The van der Waals surface area contributed by atoms with Gasteiger partial charge in [-0.15, -0.1) is 24.8 Å². The van der Waals surface area contributed by atoms with Crippen molar-refractivity contribution in [2.45, 2.75) is 38.7 Å². The quantitative estimate of drug-likeness (QED) is 0.592. The molecule has 1 saturated heterocycles. The molecule has 0 aliphatic carbocycles. The number of H-pyrrole nitrogens is 1. The number of nitrogens with one attached hydrogen (secondary N) is 3. The van der Waals surface area contributed by atoms with Crippen LogP contribution in [0.4, 0.5) is 0 Å². The zero-order valence-corrected chi connectivity index (χ0v) is 13.8. The van der Waals surface area contributed by atoms with Gasteiger partial charge >= 0.3 is 0 Å². The number of aryl methyl sites for hydroxylation is 2. The highest BCUT2D eigenvalue weighted by molar-refractivity contribution is 5.85. The average Bonchev–Trinajstić information content (AvgIpc) is 2.89. The van der Waals surface area contributed by atoms with E-state index in [1.165, 1.54) is 11.3 Å². The van der Waals surface area contributed by atoms with Crippen LogP contribution in [0.15, 0.2) is 0 Å². The van der Waals surface area contributed by atoms with Gasteiger partial charge in [0.1, 0.15) is 0 Å². The molecular formula is C13H26Cl2N4O. The van der Waals surface area contributed by atoms with Crippen molar-refractivity contribution in [3.05, 3.63) is 17.0 Å². The molecule has 1 aliphatic rings. The number of aliphatic hydroxyl groups is 1. The Hall–Kier alpha value is -0.330. The van der Waals surface area contributed by atoms with Crippen molar-refractivity contribution in [3.8, 4) is 0 Å². The van der Waals surface area contributed by atoms with Gasteiger partial charge < -0.3 is 15.7 Å². The molecule has 0 bridgehead atoms. The number of rotatable bonds is 6. The maximum Gasteiger partial charge on any atom is 0.0907 e. The van der Waals surface area contributed by atoms with E-state index in [1.54, 1.807) is 0 Å². The van der Waals surface area contributed by atoms with Gasteiger partial charge in [-0.05, 0) is 51.8 Å². The lowest BCUT2D eigenvalue weighted by molar-refractivity contribution is 0.0613. The summed E-state index contributed by atoms with van der Waals surface area (Å²) in [6.07, 6.45) is 2.96. The third-order valence-corrected chi connectivity index (χ3v) is 3.74. The molecule has 1 aromatic rings. The van der Waals surface area contributed by atoms with E-state index in [-0.39, 0.29) is 24.8 Å². The molecule has 20 heavy (non-hydrogen) atoms. The fourth-order valence-electron chi connectivity index (χ4n) is 2.54. The number of β-amino-alcohol motifs (C(OH)–C–C–N with tert-alkyl or cyclic N) is 1. The first kappa shape index (κ1) is 19.7. The van der Waals surface area contributed by atoms with E-state index in [1.807, 2.05) is 6.92 Å². The smallest absolute Gasteiger partial charge is 0.0907 e. The van der Waals surface area contributed by atoms with E-state index < -0.39 is 5.60 Å². The molecule has 7 heteroatoms. The normalized spacial score (nSPS) is 21.4. The van der Waals surface area contributed by atoms with Gasteiger partial charge in [0.05, 0.1) is 11.3 Å². The molecule has 1 fully saturated rings. The van der Waals surface area contributed by atoms with Crippen molar-refractivity contribution in [1.29, 1.82) is 0 Å². The van der Waals surface area contributed by atoms with E-state index in [9.17, 15) is 5.11 Å². The average molecular weight is 325 g/mol. The molecule has 0 radical (unpaired) electrons. The molecule has 1 unspecified atom stereocenters. The van der Waals surface area contributed by atoms with E-state index in [0.29, 0.717) is 13.1 Å². The summed E-state index contributed by atoms with van der Waals surface area (Å²) in [6, 6.07) is 0. The standard InChI is InChI=1S/C13H24N4O.2ClH/c1-10-12(11(2)17-16-10)4-3-6-14-8-13(18)5-7-15-9-13;;/h14-15,18H,3-9H2,1-2H3,(H,16,17);2*1H. The summed E-state index contributed by atoms with van der Waals surface area (Å²) < 4.78 is 0. The first-order valence-corrected chi connectivity index (χ1v) is 6.75. The summed E-state index contributed by atoms with van der Waals surface area (Å²) in [4.78, 5) is 0. The first-order valence-electron chi connectivity index (χ1n) is 6.75. The van der Waals surface area contributed by atoms with Gasteiger partial charge in [0.15, 0.2) is 0 Å². The summed E-state index contributed by atoms with van der Waals surface area (Å²) in [6.45, 7) is 7.36. The minimum atomic E-state index is -0.540. The predicted octanol–water partition coefficient (Wildman–Crippen LogP) is 1.12. The molecule has 0 amide bonds. The van der Waals surface area contributed by atoms with Crippen LogP contribution >= 0.6 is 24.8 Å². The van der Waals surface area contributed by atoms with Crippen molar-refractivity contribution < 1.29 is 5.11 Å². The van der Waals surface area contributed by atoms with Gasteiger partial charge in [0, 0.05) is 18.8 Å². The van der Waals surface area contributed by atoms with Gasteiger partial charge in [0.2, 0.25) is 0 Å². The van der Waals surface area contributed by atoms with Crippen LogP contribution in [-0.4, -0.2) is 47.1 Å². The minimum Gasteiger partial charge on any atom is -0.387 e. The van der Waals surface area contributed by atoms with Crippen molar-refractivity contribution in [3.63, 3.8) is 0 Å². The van der Waals surface area contributed by atoms with Gasteiger partial charge in [-0.2, -0.15) is 5.10 Å². The summed E-state index contributed by atoms with van der Waals surface area (Å²) >= 11 is 0. The Kier molecular flexibility index (Phi) is 8.70. The fourth-order valence-corrected chi connectivity index (χ4v) is 2.54. The number of halogens is 2. The third-order valence-electron chi connectivity index (χ3n) is 3.74. The second-order valence-electron chi connectivity index (χ2n) is 5.34. The van der Waals surface area contributed by atoms with E-state index in [4.69, 9.17) is 0 Å². The summed E-state index contributed by atoms with van der Waals surface area (Å²) in [7, 11) is 0. The van der Waals surface area contributed by atoms with Gasteiger partial charge in [-0.3, -0.25) is 5.10 Å². The number of aromatic amines is 1. The molecule has 1 atom stereocenters. The molecule has 118 valence electrons. The highest BCUT2D eigenvalue weighted by atomic mass is 35.5. The summed E-state index contributed by atoms with van der Waals surface area (Å²) in [5.41, 5.74) is 3.07. The molecule has 4 N–H and O–H groups in total. The van der Waals surface area contributed by atoms with Crippen LogP contribution in [0, 0.1) is 13.8 Å². The maximum atomic E-state index is 10.1. The van der Waals surface area contributed by atoms with Gasteiger partial charge in [-0.25, -0.2) is 0 Å². The van der Waals surface area contributed by atoms with Crippen LogP contribution in [-0.2, 0) is 6.42 Å². The number of nitrogens with zero attached hydrogens (tertiary/aromatic N) is 1. The van der Waals surface area contributed by atoms with Crippen LogP contribution in [0.3, 0.4) is 0 Å². The Balaban J connectivity index is 0.00000180. The Morgan fingerprint density at radius 2 is 2.10 bits per heavy atom. The first-order chi connectivity index (χ1) is 8.61. The third kappa shape index (κ3) is 5.22. The minimum absolute atomic E-state index is 0. The Labute approximate surface area is 133 Å². The van der Waals surface area contributed by atoms with Crippen molar-refractivity contribution in [2.24, 2.45) is 0 Å².